The van der Waals surface area contributed by atoms with Gasteiger partial charge in [-0.25, -0.2) is 0 Å². The zero-order chi connectivity index (χ0) is 8.53. The Hall–Kier alpha value is -0.590. The van der Waals surface area contributed by atoms with E-state index < -0.39 is 0 Å². The van der Waals surface area contributed by atoms with E-state index in [1.807, 2.05) is 14.0 Å². The fourth-order valence-corrected chi connectivity index (χ4v) is 0.717. The van der Waals surface area contributed by atoms with Gasteiger partial charge in [0.05, 0.1) is 12.7 Å². The molecule has 0 aliphatic carbocycles. The highest BCUT2D eigenvalue weighted by atomic mass is 16.5. The van der Waals surface area contributed by atoms with Crippen LogP contribution in [0.1, 0.15) is 13.3 Å². The number of ether oxygens (including phenoxy) is 1. The van der Waals surface area contributed by atoms with E-state index in [0.717, 1.165) is 26.3 Å². The van der Waals surface area contributed by atoms with Gasteiger partial charge in [0.2, 0.25) is 0 Å². The van der Waals surface area contributed by atoms with Crippen molar-refractivity contribution in [1.82, 2.24) is 4.90 Å². The molecule has 0 fully saturated rings. The molecule has 0 aliphatic heterocycles. The van der Waals surface area contributed by atoms with Gasteiger partial charge in [-0.3, -0.25) is 0 Å². The lowest BCUT2D eigenvalue weighted by Gasteiger charge is -2.13. The molecule has 11 heavy (non-hydrogen) atoms. The first-order valence-electron chi connectivity index (χ1n) is 3.94. The van der Waals surface area contributed by atoms with Crippen molar-refractivity contribution in [2.75, 3.05) is 33.4 Å². The maximum Gasteiger partial charge on any atom is 0.0635 e. The Bertz CT molecular complexity index is 120. The first-order valence-corrected chi connectivity index (χ1v) is 3.94. The Balaban J connectivity index is 3.10. The quantitative estimate of drug-likeness (QED) is 0.535. The molecular formula is C8H16N2O. The Labute approximate surface area is 68.6 Å². The fraction of sp³-hybridized carbons (Fsp3) is 0.875. The molecule has 0 aromatic carbocycles. The highest BCUT2D eigenvalue weighted by molar-refractivity contribution is 4.70. The van der Waals surface area contributed by atoms with Crippen LogP contribution >= 0.6 is 0 Å². The summed E-state index contributed by atoms with van der Waals surface area (Å²) >= 11 is 0. The van der Waals surface area contributed by atoms with E-state index in [9.17, 15) is 0 Å². The molecule has 0 amide bonds. The largest absolute Gasteiger partial charge is 0.380 e. The summed E-state index contributed by atoms with van der Waals surface area (Å²) in [6.07, 6.45) is 0.600. The lowest BCUT2D eigenvalue weighted by molar-refractivity contribution is 0.123. The topological polar surface area (TPSA) is 36.3 Å². The van der Waals surface area contributed by atoms with Crippen LogP contribution in [-0.2, 0) is 4.74 Å². The normalized spacial score (nSPS) is 10.0. The van der Waals surface area contributed by atoms with Crippen molar-refractivity contribution >= 4 is 0 Å². The number of likely N-dealkylation sites (N-methyl/N-ethyl adjacent to an activating group) is 1. The van der Waals surface area contributed by atoms with Crippen LogP contribution in [0.3, 0.4) is 0 Å². The minimum atomic E-state index is 0.600. The Morgan fingerprint density at radius 3 is 2.73 bits per heavy atom. The van der Waals surface area contributed by atoms with Gasteiger partial charge in [0, 0.05) is 26.1 Å². The summed E-state index contributed by atoms with van der Waals surface area (Å²) in [6.45, 7) is 5.26. The molecule has 64 valence electrons. The van der Waals surface area contributed by atoms with E-state index in [4.69, 9.17) is 10.00 Å². The number of nitriles is 1. The second kappa shape index (κ2) is 7.52. The van der Waals surface area contributed by atoms with E-state index in [-0.39, 0.29) is 0 Å². The number of hydrogen-bond acceptors (Lipinski definition) is 3. The minimum Gasteiger partial charge on any atom is -0.380 e. The summed E-state index contributed by atoms with van der Waals surface area (Å²) in [7, 11) is 2.00. The predicted octanol–water partition coefficient (Wildman–Crippen LogP) is 0.868. The lowest BCUT2D eigenvalue weighted by atomic mass is 10.4. The van der Waals surface area contributed by atoms with Gasteiger partial charge in [-0.15, -0.1) is 0 Å². The molecule has 3 heteroatoms. The first-order chi connectivity index (χ1) is 5.31. The van der Waals surface area contributed by atoms with Crippen molar-refractivity contribution in [3.63, 3.8) is 0 Å². The van der Waals surface area contributed by atoms with Crippen molar-refractivity contribution in [1.29, 1.82) is 5.26 Å². The molecule has 0 heterocycles. The SMILES string of the molecule is CCOCCN(C)CCC#N. The smallest absolute Gasteiger partial charge is 0.0635 e. The van der Waals surface area contributed by atoms with Gasteiger partial charge in [0.15, 0.2) is 0 Å². The number of rotatable bonds is 6. The molecule has 0 saturated carbocycles. The average molecular weight is 156 g/mol. The van der Waals surface area contributed by atoms with E-state index in [2.05, 4.69) is 11.0 Å². The minimum absolute atomic E-state index is 0.600. The monoisotopic (exact) mass is 156 g/mol. The van der Waals surface area contributed by atoms with Crippen LogP contribution in [0.2, 0.25) is 0 Å². The summed E-state index contributed by atoms with van der Waals surface area (Å²) in [6, 6.07) is 2.11. The Morgan fingerprint density at radius 1 is 1.45 bits per heavy atom. The van der Waals surface area contributed by atoms with Crippen LogP contribution in [0, 0.1) is 11.3 Å². The van der Waals surface area contributed by atoms with Crippen LogP contribution in [0.15, 0.2) is 0 Å². The molecule has 0 spiro atoms. The van der Waals surface area contributed by atoms with Gasteiger partial charge in [0.25, 0.3) is 0 Å². The van der Waals surface area contributed by atoms with Crippen LogP contribution in [0.4, 0.5) is 0 Å². The summed E-state index contributed by atoms with van der Waals surface area (Å²) in [4.78, 5) is 2.10. The van der Waals surface area contributed by atoms with Crippen molar-refractivity contribution in [3.8, 4) is 6.07 Å². The van der Waals surface area contributed by atoms with Crippen LogP contribution in [0.5, 0.6) is 0 Å². The zero-order valence-electron chi connectivity index (χ0n) is 7.34. The highest BCUT2D eigenvalue weighted by Gasteiger charge is 1.95. The number of hydrogen-bond donors (Lipinski definition) is 0. The number of nitrogens with zero attached hydrogens (tertiary/aromatic N) is 2. The third-order valence-corrected chi connectivity index (χ3v) is 1.43. The lowest BCUT2D eigenvalue weighted by Crippen LogP contribution is -2.24. The summed E-state index contributed by atoms with van der Waals surface area (Å²) in [5, 5.41) is 8.28. The van der Waals surface area contributed by atoms with Gasteiger partial charge in [0.1, 0.15) is 0 Å². The standard InChI is InChI=1S/C8H16N2O/c1-3-11-8-7-10(2)6-4-5-9/h3-4,6-8H2,1-2H3. The third kappa shape index (κ3) is 7.31. The molecule has 0 radical (unpaired) electrons. The fourth-order valence-electron chi connectivity index (χ4n) is 0.717. The molecule has 0 atom stereocenters. The summed E-state index contributed by atoms with van der Waals surface area (Å²) in [5.41, 5.74) is 0. The summed E-state index contributed by atoms with van der Waals surface area (Å²) in [5.74, 6) is 0. The van der Waals surface area contributed by atoms with Gasteiger partial charge in [-0.05, 0) is 14.0 Å². The highest BCUT2D eigenvalue weighted by Crippen LogP contribution is 1.85. The molecule has 0 rings (SSSR count). The Kier molecular flexibility index (Phi) is 7.11. The maximum atomic E-state index is 8.28. The zero-order valence-corrected chi connectivity index (χ0v) is 7.34. The van der Waals surface area contributed by atoms with E-state index in [1.165, 1.54) is 0 Å². The van der Waals surface area contributed by atoms with Crippen molar-refractivity contribution in [2.24, 2.45) is 0 Å². The molecule has 0 aromatic rings. The second-order valence-electron chi connectivity index (χ2n) is 2.41. The Morgan fingerprint density at radius 2 is 2.18 bits per heavy atom. The van der Waals surface area contributed by atoms with Crippen LogP contribution < -0.4 is 0 Å². The molecule has 0 bridgehead atoms. The molecule has 3 nitrogen and oxygen atoms in total. The van der Waals surface area contributed by atoms with Gasteiger partial charge in [-0.1, -0.05) is 0 Å². The second-order valence-corrected chi connectivity index (χ2v) is 2.41. The van der Waals surface area contributed by atoms with Crippen molar-refractivity contribution < 1.29 is 4.74 Å². The third-order valence-electron chi connectivity index (χ3n) is 1.43. The van der Waals surface area contributed by atoms with E-state index >= 15 is 0 Å². The first kappa shape index (κ1) is 10.4. The average Bonchev–Trinajstić information content (AvgIpc) is 2.01. The molecule has 0 unspecified atom stereocenters. The predicted molar refractivity (Wildman–Crippen MR) is 44.2 cm³/mol. The van der Waals surface area contributed by atoms with Crippen LogP contribution in [0.25, 0.3) is 0 Å². The molecular weight excluding hydrogens is 140 g/mol. The summed E-state index contributed by atoms with van der Waals surface area (Å²) < 4.78 is 5.16. The van der Waals surface area contributed by atoms with Crippen LogP contribution in [-0.4, -0.2) is 38.3 Å². The van der Waals surface area contributed by atoms with Gasteiger partial charge >= 0.3 is 0 Å². The van der Waals surface area contributed by atoms with Gasteiger partial charge in [-0.2, -0.15) is 5.26 Å². The van der Waals surface area contributed by atoms with Gasteiger partial charge < -0.3 is 9.64 Å². The molecule has 0 saturated heterocycles. The molecule has 0 N–H and O–H groups in total. The van der Waals surface area contributed by atoms with Crippen molar-refractivity contribution in [3.05, 3.63) is 0 Å². The van der Waals surface area contributed by atoms with Crippen molar-refractivity contribution in [2.45, 2.75) is 13.3 Å². The molecule has 0 aliphatic rings. The van der Waals surface area contributed by atoms with E-state index in [0.29, 0.717) is 6.42 Å². The maximum absolute atomic E-state index is 8.28. The van der Waals surface area contributed by atoms with E-state index in [1.54, 1.807) is 0 Å². The molecule has 0 aromatic heterocycles.